The molecule has 0 bridgehead atoms. The van der Waals surface area contributed by atoms with Crippen molar-refractivity contribution in [3.05, 3.63) is 20.3 Å². The van der Waals surface area contributed by atoms with Gasteiger partial charge in [-0.3, -0.25) is 0 Å². The molecular formula is C17H27BrN2S. The van der Waals surface area contributed by atoms with Crippen molar-refractivity contribution in [3.8, 4) is 0 Å². The highest BCUT2D eigenvalue weighted by molar-refractivity contribution is 9.11. The molecule has 1 aromatic heterocycles. The SMILES string of the molecule is CCCCN1CCC(NC2CCCc3sc(Br)cc32)CC1. The minimum atomic E-state index is 0.600. The molecule has 1 aromatic rings. The molecule has 0 spiro atoms. The quantitative estimate of drug-likeness (QED) is 0.804. The molecule has 1 N–H and O–H groups in total. The predicted octanol–water partition coefficient (Wildman–Crippen LogP) is 4.74. The number of hydrogen-bond acceptors (Lipinski definition) is 3. The van der Waals surface area contributed by atoms with E-state index >= 15 is 0 Å². The van der Waals surface area contributed by atoms with E-state index in [1.54, 1.807) is 10.4 Å². The van der Waals surface area contributed by atoms with Gasteiger partial charge in [-0.25, -0.2) is 0 Å². The van der Waals surface area contributed by atoms with Crippen LogP contribution in [0.3, 0.4) is 0 Å². The Hall–Kier alpha value is 0.100. The van der Waals surface area contributed by atoms with Gasteiger partial charge in [0.2, 0.25) is 0 Å². The van der Waals surface area contributed by atoms with Crippen LogP contribution in [0.25, 0.3) is 0 Å². The van der Waals surface area contributed by atoms with Crippen LogP contribution in [0.15, 0.2) is 9.85 Å². The molecule has 0 amide bonds. The number of rotatable bonds is 5. The number of unbranched alkanes of at least 4 members (excludes halogenated alkanes) is 1. The smallest absolute Gasteiger partial charge is 0.0704 e. The minimum absolute atomic E-state index is 0.600. The highest BCUT2D eigenvalue weighted by atomic mass is 79.9. The van der Waals surface area contributed by atoms with Gasteiger partial charge in [-0.2, -0.15) is 0 Å². The van der Waals surface area contributed by atoms with Gasteiger partial charge in [0.05, 0.1) is 3.79 Å². The van der Waals surface area contributed by atoms with Gasteiger partial charge in [0.25, 0.3) is 0 Å². The first-order chi connectivity index (χ1) is 10.3. The number of thiophene rings is 1. The predicted molar refractivity (Wildman–Crippen MR) is 95.2 cm³/mol. The molecule has 2 aliphatic rings. The van der Waals surface area contributed by atoms with Crippen molar-refractivity contribution in [2.45, 2.75) is 64.0 Å². The molecule has 0 aromatic carbocycles. The average molecular weight is 371 g/mol. The Morgan fingerprint density at radius 2 is 2.14 bits per heavy atom. The van der Waals surface area contributed by atoms with E-state index in [0.29, 0.717) is 6.04 Å². The summed E-state index contributed by atoms with van der Waals surface area (Å²) in [5, 5.41) is 3.96. The van der Waals surface area contributed by atoms with Gasteiger partial charge in [0.1, 0.15) is 0 Å². The van der Waals surface area contributed by atoms with Gasteiger partial charge in [0, 0.05) is 17.0 Å². The Morgan fingerprint density at radius 3 is 2.90 bits per heavy atom. The zero-order valence-corrected chi connectivity index (χ0v) is 15.4. The first-order valence-electron chi connectivity index (χ1n) is 8.52. The van der Waals surface area contributed by atoms with Crippen molar-refractivity contribution in [1.82, 2.24) is 10.2 Å². The number of fused-ring (bicyclic) bond motifs is 1. The molecule has 1 aliphatic heterocycles. The molecule has 4 heteroatoms. The number of halogens is 1. The molecule has 1 fully saturated rings. The topological polar surface area (TPSA) is 15.3 Å². The lowest BCUT2D eigenvalue weighted by Crippen LogP contribution is -2.44. The maximum Gasteiger partial charge on any atom is 0.0704 e. The molecule has 3 rings (SSSR count). The van der Waals surface area contributed by atoms with Crippen LogP contribution >= 0.6 is 27.3 Å². The summed E-state index contributed by atoms with van der Waals surface area (Å²) < 4.78 is 1.30. The number of nitrogens with one attached hydrogen (secondary N) is 1. The van der Waals surface area contributed by atoms with Crippen molar-refractivity contribution in [1.29, 1.82) is 0 Å². The fraction of sp³-hybridized carbons (Fsp3) is 0.765. The van der Waals surface area contributed by atoms with E-state index < -0.39 is 0 Å². The van der Waals surface area contributed by atoms with Gasteiger partial charge in [-0.15, -0.1) is 11.3 Å². The van der Waals surface area contributed by atoms with Gasteiger partial charge in [-0.05, 0) is 85.7 Å². The van der Waals surface area contributed by atoms with Gasteiger partial charge in [-0.1, -0.05) is 13.3 Å². The molecule has 118 valence electrons. The van der Waals surface area contributed by atoms with E-state index in [9.17, 15) is 0 Å². The van der Waals surface area contributed by atoms with E-state index in [2.05, 4.69) is 39.1 Å². The first-order valence-corrected chi connectivity index (χ1v) is 10.1. The highest BCUT2D eigenvalue weighted by Gasteiger charge is 2.26. The molecule has 0 saturated carbocycles. The molecule has 1 unspecified atom stereocenters. The Kier molecular flexibility index (Phi) is 5.77. The molecule has 1 atom stereocenters. The molecular weight excluding hydrogens is 344 g/mol. The molecule has 2 nitrogen and oxygen atoms in total. The maximum absolute atomic E-state index is 3.96. The monoisotopic (exact) mass is 370 g/mol. The number of hydrogen-bond donors (Lipinski definition) is 1. The zero-order valence-electron chi connectivity index (χ0n) is 13.0. The van der Waals surface area contributed by atoms with E-state index in [1.165, 1.54) is 68.4 Å². The minimum Gasteiger partial charge on any atom is -0.307 e. The highest BCUT2D eigenvalue weighted by Crippen LogP contribution is 2.38. The van der Waals surface area contributed by atoms with Crippen LogP contribution in [0, 0.1) is 0 Å². The largest absolute Gasteiger partial charge is 0.307 e. The maximum atomic E-state index is 3.96. The Bertz CT molecular complexity index is 452. The normalized spacial score (nSPS) is 24.2. The number of piperidine rings is 1. The van der Waals surface area contributed by atoms with Crippen LogP contribution in [0.1, 0.15) is 61.9 Å². The number of aryl methyl sites for hydroxylation is 1. The number of likely N-dealkylation sites (tertiary alicyclic amines) is 1. The molecule has 0 radical (unpaired) electrons. The summed E-state index contributed by atoms with van der Waals surface area (Å²) >= 11 is 5.59. The van der Waals surface area contributed by atoms with Crippen molar-refractivity contribution >= 4 is 27.3 Å². The van der Waals surface area contributed by atoms with Crippen LogP contribution in [-0.2, 0) is 6.42 Å². The van der Waals surface area contributed by atoms with Gasteiger partial charge < -0.3 is 10.2 Å². The van der Waals surface area contributed by atoms with Gasteiger partial charge >= 0.3 is 0 Å². The lowest BCUT2D eigenvalue weighted by atomic mass is 9.92. The third-order valence-electron chi connectivity index (χ3n) is 4.94. The second kappa shape index (κ2) is 7.58. The summed E-state index contributed by atoms with van der Waals surface area (Å²) in [5.74, 6) is 0. The number of nitrogens with zero attached hydrogens (tertiary/aromatic N) is 1. The van der Waals surface area contributed by atoms with Gasteiger partial charge in [0.15, 0.2) is 0 Å². The van der Waals surface area contributed by atoms with E-state index in [0.717, 1.165) is 6.04 Å². The summed E-state index contributed by atoms with van der Waals surface area (Å²) in [5.41, 5.74) is 1.58. The van der Waals surface area contributed by atoms with Crippen molar-refractivity contribution < 1.29 is 0 Å². The van der Waals surface area contributed by atoms with Crippen LogP contribution in [0.2, 0.25) is 0 Å². The van der Waals surface area contributed by atoms with Crippen molar-refractivity contribution in [2.75, 3.05) is 19.6 Å². The second-order valence-corrected chi connectivity index (χ2v) is 9.03. The van der Waals surface area contributed by atoms with Crippen molar-refractivity contribution in [2.24, 2.45) is 0 Å². The second-order valence-electron chi connectivity index (χ2n) is 6.51. The first kappa shape index (κ1) is 16.0. The third-order valence-corrected chi connectivity index (χ3v) is 6.65. The summed E-state index contributed by atoms with van der Waals surface area (Å²) in [7, 11) is 0. The Morgan fingerprint density at radius 1 is 1.33 bits per heavy atom. The summed E-state index contributed by atoms with van der Waals surface area (Å²) in [6.07, 6.45) is 9.24. The van der Waals surface area contributed by atoms with Crippen LogP contribution in [-0.4, -0.2) is 30.6 Å². The molecule has 1 saturated heterocycles. The Balaban J connectivity index is 1.52. The van der Waals surface area contributed by atoms with E-state index in [-0.39, 0.29) is 0 Å². The van der Waals surface area contributed by atoms with Crippen LogP contribution in [0.5, 0.6) is 0 Å². The zero-order chi connectivity index (χ0) is 14.7. The fourth-order valence-electron chi connectivity index (χ4n) is 3.68. The fourth-order valence-corrected chi connectivity index (χ4v) is 5.50. The van der Waals surface area contributed by atoms with Crippen LogP contribution in [0.4, 0.5) is 0 Å². The van der Waals surface area contributed by atoms with Crippen LogP contribution < -0.4 is 5.32 Å². The molecule has 21 heavy (non-hydrogen) atoms. The average Bonchev–Trinajstić information content (AvgIpc) is 2.88. The standard InChI is InChI=1S/C17H27BrN2S/c1-2-3-9-20-10-7-13(8-11-20)19-15-5-4-6-16-14(15)12-17(18)21-16/h12-13,15,19H,2-11H2,1H3. The lowest BCUT2D eigenvalue weighted by Gasteiger charge is -2.35. The Labute approximate surface area is 141 Å². The summed E-state index contributed by atoms with van der Waals surface area (Å²) in [6, 6.07) is 3.67. The summed E-state index contributed by atoms with van der Waals surface area (Å²) in [4.78, 5) is 4.25. The molecule has 2 heterocycles. The summed E-state index contributed by atoms with van der Waals surface area (Å²) in [6.45, 7) is 6.15. The third kappa shape index (κ3) is 4.10. The van der Waals surface area contributed by atoms with E-state index in [1.807, 2.05) is 11.3 Å². The molecule has 1 aliphatic carbocycles. The lowest BCUT2D eigenvalue weighted by molar-refractivity contribution is 0.186. The van der Waals surface area contributed by atoms with Crippen molar-refractivity contribution in [3.63, 3.8) is 0 Å². The van der Waals surface area contributed by atoms with E-state index in [4.69, 9.17) is 0 Å².